The first-order chi connectivity index (χ1) is 9.49. The Kier molecular flexibility index (Phi) is 4.34. The van der Waals surface area contributed by atoms with Crippen molar-refractivity contribution < 1.29 is 23.1 Å². The number of carboxylic acid groups (broad SMARTS) is 1. The lowest BCUT2D eigenvalue weighted by molar-refractivity contribution is 0.0696. The van der Waals surface area contributed by atoms with Crippen LogP contribution in [0.1, 0.15) is 15.9 Å². The van der Waals surface area contributed by atoms with E-state index in [1.54, 1.807) is 0 Å². The molecule has 1 N–H and O–H groups in total. The van der Waals surface area contributed by atoms with Crippen molar-refractivity contribution in [1.29, 1.82) is 0 Å². The summed E-state index contributed by atoms with van der Waals surface area (Å²) in [5, 5.41) is 8.82. The van der Waals surface area contributed by atoms with Gasteiger partial charge >= 0.3 is 5.97 Å². The van der Waals surface area contributed by atoms with Gasteiger partial charge in [-0.15, -0.1) is 11.8 Å². The first kappa shape index (κ1) is 14.5. The number of carboxylic acids is 1. The number of benzene rings is 2. The zero-order valence-electron chi connectivity index (χ0n) is 10.1. The van der Waals surface area contributed by atoms with Crippen LogP contribution >= 0.6 is 11.8 Å². The smallest absolute Gasteiger partial charge is 0.335 e. The molecule has 0 amide bonds. The monoisotopic (exact) mass is 298 g/mol. The second kappa shape index (κ2) is 6.00. The fraction of sp³-hybridized carbons (Fsp3) is 0.0714. The fourth-order valence-electron chi connectivity index (χ4n) is 1.56. The third-order valence-corrected chi connectivity index (χ3v) is 3.67. The van der Waals surface area contributed by atoms with E-state index in [9.17, 15) is 18.0 Å². The topological polar surface area (TPSA) is 37.3 Å². The van der Waals surface area contributed by atoms with Crippen LogP contribution in [0.15, 0.2) is 41.3 Å². The van der Waals surface area contributed by atoms with Crippen LogP contribution in [0.5, 0.6) is 0 Å². The normalized spacial score (nSPS) is 10.6. The molecule has 0 saturated heterocycles. The largest absolute Gasteiger partial charge is 0.478 e. The standard InChI is InChI=1S/C14H9F3O2S/c15-10-5-4-8(14(18)19)6-12(10)20-7-9-2-1-3-11(16)13(9)17/h1-6H,7H2,(H,18,19). The summed E-state index contributed by atoms with van der Waals surface area (Å²) in [6, 6.07) is 7.09. The third kappa shape index (κ3) is 3.14. The maximum atomic E-state index is 13.5. The number of carbonyl (C=O) groups is 1. The lowest BCUT2D eigenvalue weighted by atomic mass is 10.2. The summed E-state index contributed by atoms with van der Waals surface area (Å²) in [6.45, 7) is 0. The molecule has 0 heterocycles. The van der Waals surface area contributed by atoms with Gasteiger partial charge in [0.2, 0.25) is 0 Å². The predicted molar refractivity (Wildman–Crippen MR) is 69.3 cm³/mol. The van der Waals surface area contributed by atoms with Gasteiger partial charge in [-0.1, -0.05) is 12.1 Å². The van der Waals surface area contributed by atoms with E-state index >= 15 is 0 Å². The molecule has 0 aliphatic rings. The average molecular weight is 298 g/mol. The van der Waals surface area contributed by atoms with Gasteiger partial charge in [0.1, 0.15) is 5.82 Å². The van der Waals surface area contributed by atoms with E-state index in [0.29, 0.717) is 0 Å². The summed E-state index contributed by atoms with van der Waals surface area (Å²) in [7, 11) is 0. The Morgan fingerprint density at radius 2 is 1.85 bits per heavy atom. The van der Waals surface area contributed by atoms with Crippen LogP contribution < -0.4 is 0 Å². The molecule has 0 fully saturated rings. The quantitative estimate of drug-likeness (QED) is 0.864. The van der Waals surface area contributed by atoms with Gasteiger partial charge in [0.25, 0.3) is 0 Å². The van der Waals surface area contributed by atoms with Crippen molar-refractivity contribution in [3.05, 3.63) is 65.0 Å². The van der Waals surface area contributed by atoms with Crippen LogP contribution in [-0.4, -0.2) is 11.1 Å². The minimum absolute atomic E-state index is 0.00356. The number of aromatic carboxylic acids is 1. The molecule has 0 atom stereocenters. The van der Waals surface area contributed by atoms with Crippen LogP contribution in [-0.2, 0) is 5.75 Å². The van der Waals surface area contributed by atoms with Crippen molar-refractivity contribution in [2.24, 2.45) is 0 Å². The lowest BCUT2D eigenvalue weighted by Gasteiger charge is -2.06. The molecular formula is C14H9F3O2S. The molecule has 0 spiro atoms. The summed E-state index contributed by atoms with van der Waals surface area (Å²) in [6.07, 6.45) is 0. The fourth-order valence-corrected chi connectivity index (χ4v) is 2.51. The maximum absolute atomic E-state index is 13.5. The molecule has 2 rings (SSSR count). The van der Waals surface area contributed by atoms with Crippen molar-refractivity contribution in [2.75, 3.05) is 0 Å². The summed E-state index contributed by atoms with van der Waals surface area (Å²) < 4.78 is 40.0. The van der Waals surface area contributed by atoms with E-state index in [-0.39, 0.29) is 21.8 Å². The SMILES string of the molecule is O=C(O)c1ccc(F)c(SCc2cccc(F)c2F)c1. The van der Waals surface area contributed by atoms with Crippen molar-refractivity contribution in [1.82, 2.24) is 0 Å². The van der Waals surface area contributed by atoms with Crippen LogP contribution in [0, 0.1) is 17.5 Å². The number of thioether (sulfide) groups is 1. The van der Waals surface area contributed by atoms with Gasteiger partial charge in [-0.25, -0.2) is 18.0 Å². The van der Waals surface area contributed by atoms with E-state index in [1.165, 1.54) is 18.2 Å². The second-order valence-electron chi connectivity index (χ2n) is 3.95. The average Bonchev–Trinajstić information content (AvgIpc) is 2.41. The molecule has 2 aromatic carbocycles. The summed E-state index contributed by atoms with van der Waals surface area (Å²) in [5.41, 5.74) is 0.0312. The van der Waals surface area contributed by atoms with Crippen molar-refractivity contribution >= 4 is 17.7 Å². The van der Waals surface area contributed by atoms with Gasteiger partial charge in [0, 0.05) is 16.2 Å². The number of hydrogen-bond donors (Lipinski definition) is 1. The number of rotatable bonds is 4. The first-order valence-corrected chi connectivity index (χ1v) is 6.56. The lowest BCUT2D eigenvalue weighted by Crippen LogP contribution is -1.97. The Morgan fingerprint density at radius 1 is 1.10 bits per heavy atom. The van der Waals surface area contributed by atoms with Gasteiger partial charge in [-0.3, -0.25) is 0 Å². The van der Waals surface area contributed by atoms with Crippen molar-refractivity contribution in [3.63, 3.8) is 0 Å². The van der Waals surface area contributed by atoms with Crippen molar-refractivity contribution in [3.8, 4) is 0 Å². The van der Waals surface area contributed by atoms with E-state index in [0.717, 1.165) is 30.0 Å². The van der Waals surface area contributed by atoms with Crippen LogP contribution in [0.4, 0.5) is 13.2 Å². The zero-order chi connectivity index (χ0) is 14.7. The molecule has 0 aromatic heterocycles. The highest BCUT2D eigenvalue weighted by molar-refractivity contribution is 7.98. The highest BCUT2D eigenvalue weighted by Crippen LogP contribution is 2.28. The first-order valence-electron chi connectivity index (χ1n) is 5.57. The van der Waals surface area contributed by atoms with Crippen LogP contribution in [0.2, 0.25) is 0 Å². The van der Waals surface area contributed by atoms with Crippen LogP contribution in [0.25, 0.3) is 0 Å². The van der Waals surface area contributed by atoms with E-state index in [1.807, 2.05) is 0 Å². The Bertz CT molecular complexity index is 659. The Labute approximate surface area is 117 Å². The molecule has 6 heteroatoms. The Morgan fingerprint density at radius 3 is 2.55 bits per heavy atom. The van der Waals surface area contributed by atoms with Gasteiger partial charge in [0.05, 0.1) is 5.56 Å². The molecule has 2 nitrogen and oxygen atoms in total. The minimum atomic E-state index is -1.18. The molecule has 2 aromatic rings. The van der Waals surface area contributed by atoms with Crippen molar-refractivity contribution in [2.45, 2.75) is 10.6 Å². The van der Waals surface area contributed by atoms with E-state index in [2.05, 4.69) is 0 Å². The third-order valence-electron chi connectivity index (χ3n) is 2.59. The number of halogens is 3. The van der Waals surface area contributed by atoms with Gasteiger partial charge in [0.15, 0.2) is 11.6 Å². The van der Waals surface area contributed by atoms with E-state index < -0.39 is 23.4 Å². The molecule has 20 heavy (non-hydrogen) atoms. The highest BCUT2D eigenvalue weighted by atomic mass is 32.2. The van der Waals surface area contributed by atoms with Crippen LogP contribution in [0.3, 0.4) is 0 Å². The second-order valence-corrected chi connectivity index (χ2v) is 4.97. The summed E-state index contributed by atoms with van der Waals surface area (Å²) in [5.74, 6) is -3.72. The molecular weight excluding hydrogens is 289 g/mol. The molecule has 0 radical (unpaired) electrons. The summed E-state index contributed by atoms with van der Waals surface area (Å²) in [4.78, 5) is 10.9. The zero-order valence-corrected chi connectivity index (χ0v) is 10.9. The Balaban J connectivity index is 2.20. The maximum Gasteiger partial charge on any atom is 0.335 e. The molecule has 0 unspecified atom stereocenters. The number of hydrogen-bond acceptors (Lipinski definition) is 2. The molecule has 0 saturated carbocycles. The predicted octanol–water partition coefficient (Wildman–Crippen LogP) is 4.09. The Hall–Kier alpha value is -1.95. The highest BCUT2D eigenvalue weighted by Gasteiger charge is 2.12. The van der Waals surface area contributed by atoms with Gasteiger partial charge in [-0.05, 0) is 24.3 Å². The molecule has 0 aliphatic carbocycles. The minimum Gasteiger partial charge on any atom is -0.478 e. The van der Waals surface area contributed by atoms with E-state index in [4.69, 9.17) is 5.11 Å². The molecule has 0 aliphatic heterocycles. The molecule has 104 valence electrons. The van der Waals surface area contributed by atoms with Gasteiger partial charge in [-0.2, -0.15) is 0 Å². The molecule has 0 bridgehead atoms. The van der Waals surface area contributed by atoms with Gasteiger partial charge < -0.3 is 5.11 Å². The summed E-state index contributed by atoms with van der Waals surface area (Å²) >= 11 is 0.910.